The zero-order chi connectivity index (χ0) is 14.7. The Labute approximate surface area is 121 Å². The quantitative estimate of drug-likeness (QED) is 0.805. The molecule has 1 atom stereocenters. The second-order valence-corrected chi connectivity index (χ2v) is 5.76. The van der Waals surface area contributed by atoms with E-state index in [0.717, 1.165) is 43.7 Å². The van der Waals surface area contributed by atoms with E-state index in [1.807, 2.05) is 32.0 Å². The highest BCUT2D eigenvalue weighted by molar-refractivity contribution is 5.45. The van der Waals surface area contributed by atoms with Gasteiger partial charge in [0.2, 0.25) is 5.95 Å². The van der Waals surface area contributed by atoms with Gasteiger partial charge in [0, 0.05) is 45.5 Å². The van der Waals surface area contributed by atoms with Gasteiger partial charge in [0.25, 0.3) is 0 Å². The molecular formula is C14H25N5O. The molecule has 1 fully saturated rings. The van der Waals surface area contributed by atoms with Crippen molar-refractivity contribution in [1.29, 1.82) is 0 Å². The van der Waals surface area contributed by atoms with Crippen LogP contribution < -0.4 is 9.80 Å². The number of rotatable bonds is 4. The Morgan fingerprint density at radius 3 is 2.70 bits per heavy atom. The molecule has 6 heteroatoms. The van der Waals surface area contributed by atoms with Gasteiger partial charge in [-0.3, -0.25) is 0 Å². The van der Waals surface area contributed by atoms with Crippen LogP contribution in [0.3, 0.4) is 0 Å². The first-order valence-corrected chi connectivity index (χ1v) is 7.00. The van der Waals surface area contributed by atoms with E-state index >= 15 is 0 Å². The van der Waals surface area contributed by atoms with Gasteiger partial charge in [-0.1, -0.05) is 0 Å². The highest BCUT2D eigenvalue weighted by atomic mass is 16.5. The van der Waals surface area contributed by atoms with Crippen LogP contribution in [-0.2, 0) is 4.74 Å². The highest BCUT2D eigenvalue weighted by Crippen LogP contribution is 2.18. The van der Waals surface area contributed by atoms with E-state index in [2.05, 4.69) is 33.9 Å². The van der Waals surface area contributed by atoms with Crippen molar-refractivity contribution in [3.8, 4) is 0 Å². The smallest absolute Gasteiger partial charge is 0.227 e. The molecule has 0 radical (unpaired) electrons. The van der Waals surface area contributed by atoms with E-state index in [4.69, 9.17) is 4.74 Å². The van der Waals surface area contributed by atoms with Crippen molar-refractivity contribution >= 4 is 11.8 Å². The summed E-state index contributed by atoms with van der Waals surface area (Å²) in [5.74, 6) is 1.75. The Morgan fingerprint density at radius 2 is 2.05 bits per heavy atom. The van der Waals surface area contributed by atoms with Gasteiger partial charge in [-0.2, -0.15) is 4.98 Å². The average molecular weight is 279 g/mol. The van der Waals surface area contributed by atoms with Crippen molar-refractivity contribution < 1.29 is 4.74 Å². The van der Waals surface area contributed by atoms with Gasteiger partial charge in [-0.05, 0) is 21.0 Å². The number of nitrogens with zero attached hydrogens (tertiary/aromatic N) is 5. The number of likely N-dealkylation sites (N-methyl/N-ethyl adjacent to an activating group) is 1. The average Bonchev–Trinajstić information content (AvgIpc) is 2.37. The van der Waals surface area contributed by atoms with Crippen molar-refractivity contribution in [2.45, 2.75) is 13.0 Å². The molecule has 1 aliphatic rings. The van der Waals surface area contributed by atoms with Crippen LogP contribution in [0.5, 0.6) is 0 Å². The van der Waals surface area contributed by atoms with Crippen LogP contribution in [0.2, 0.25) is 0 Å². The van der Waals surface area contributed by atoms with Gasteiger partial charge in [0.05, 0.1) is 12.7 Å². The standard InChI is InChI=1S/C14H25N5O/c1-11-8-13(18(4)5)16-14(15-11)19-6-7-20-12(10-19)9-17(2)3/h8,12H,6-7,9-10H2,1-5H3/t12-/m1/s1. The second kappa shape index (κ2) is 6.37. The van der Waals surface area contributed by atoms with Gasteiger partial charge >= 0.3 is 0 Å². The van der Waals surface area contributed by atoms with Crippen LogP contribution in [0, 0.1) is 6.92 Å². The van der Waals surface area contributed by atoms with E-state index in [-0.39, 0.29) is 6.10 Å². The topological polar surface area (TPSA) is 44.7 Å². The minimum absolute atomic E-state index is 0.214. The molecule has 0 spiro atoms. The predicted molar refractivity (Wildman–Crippen MR) is 81.6 cm³/mol. The first-order chi connectivity index (χ1) is 9.45. The minimum atomic E-state index is 0.214. The number of hydrogen-bond acceptors (Lipinski definition) is 6. The summed E-state index contributed by atoms with van der Waals surface area (Å²) in [5.41, 5.74) is 0.995. The van der Waals surface area contributed by atoms with E-state index in [1.165, 1.54) is 0 Å². The molecule has 1 aromatic heterocycles. The Hall–Kier alpha value is -1.40. The fourth-order valence-corrected chi connectivity index (χ4v) is 2.33. The zero-order valence-electron chi connectivity index (χ0n) is 13.1. The molecule has 0 amide bonds. The lowest BCUT2D eigenvalue weighted by atomic mass is 10.2. The molecular weight excluding hydrogens is 254 g/mol. The summed E-state index contributed by atoms with van der Waals surface area (Å²) < 4.78 is 5.80. The number of hydrogen-bond donors (Lipinski definition) is 0. The van der Waals surface area contributed by atoms with Crippen molar-refractivity contribution in [2.75, 3.05) is 64.2 Å². The summed E-state index contributed by atoms with van der Waals surface area (Å²) >= 11 is 0. The Morgan fingerprint density at radius 1 is 1.30 bits per heavy atom. The second-order valence-electron chi connectivity index (χ2n) is 5.76. The maximum Gasteiger partial charge on any atom is 0.227 e. The molecule has 20 heavy (non-hydrogen) atoms. The summed E-state index contributed by atoms with van der Waals surface area (Å²) in [6.45, 7) is 5.35. The minimum Gasteiger partial charge on any atom is -0.373 e. The predicted octanol–water partition coefficient (Wildman–Crippen LogP) is 0.618. The van der Waals surface area contributed by atoms with Crippen LogP contribution in [0.4, 0.5) is 11.8 Å². The summed E-state index contributed by atoms with van der Waals surface area (Å²) in [6, 6.07) is 2.00. The number of anilines is 2. The number of morpholine rings is 1. The van der Waals surface area contributed by atoms with Crippen LogP contribution in [0.1, 0.15) is 5.69 Å². The van der Waals surface area contributed by atoms with Crippen molar-refractivity contribution in [3.05, 3.63) is 11.8 Å². The fourth-order valence-electron chi connectivity index (χ4n) is 2.33. The summed E-state index contributed by atoms with van der Waals surface area (Å²) in [6.07, 6.45) is 0.214. The van der Waals surface area contributed by atoms with Crippen molar-refractivity contribution in [2.24, 2.45) is 0 Å². The molecule has 2 rings (SSSR count). The van der Waals surface area contributed by atoms with Gasteiger partial charge < -0.3 is 19.4 Å². The number of ether oxygens (including phenoxy) is 1. The van der Waals surface area contributed by atoms with Gasteiger partial charge in [-0.15, -0.1) is 0 Å². The monoisotopic (exact) mass is 279 g/mol. The zero-order valence-corrected chi connectivity index (χ0v) is 13.1. The third-order valence-electron chi connectivity index (χ3n) is 3.28. The van der Waals surface area contributed by atoms with Crippen LogP contribution >= 0.6 is 0 Å². The molecule has 0 N–H and O–H groups in total. The van der Waals surface area contributed by atoms with E-state index < -0.39 is 0 Å². The Balaban J connectivity index is 2.14. The molecule has 6 nitrogen and oxygen atoms in total. The maximum absolute atomic E-state index is 5.80. The normalized spacial score (nSPS) is 19.5. The largest absolute Gasteiger partial charge is 0.373 e. The maximum atomic E-state index is 5.80. The van der Waals surface area contributed by atoms with Gasteiger partial charge in [0.15, 0.2) is 0 Å². The van der Waals surface area contributed by atoms with Crippen molar-refractivity contribution in [3.63, 3.8) is 0 Å². The van der Waals surface area contributed by atoms with E-state index in [0.29, 0.717) is 0 Å². The van der Waals surface area contributed by atoms with Gasteiger partial charge in [-0.25, -0.2) is 4.98 Å². The fraction of sp³-hybridized carbons (Fsp3) is 0.714. The Kier molecular flexibility index (Phi) is 4.77. The molecule has 0 aromatic carbocycles. The van der Waals surface area contributed by atoms with Crippen molar-refractivity contribution in [1.82, 2.24) is 14.9 Å². The molecule has 2 heterocycles. The van der Waals surface area contributed by atoms with Crippen LogP contribution in [0.15, 0.2) is 6.07 Å². The lowest BCUT2D eigenvalue weighted by molar-refractivity contribution is 0.0243. The molecule has 0 saturated carbocycles. The molecule has 0 bridgehead atoms. The molecule has 1 aromatic rings. The Bertz CT molecular complexity index is 449. The third kappa shape index (κ3) is 3.80. The summed E-state index contributed by atoms with van der Waals surface area (Å²) in [4.78, 5) is 15.6. The number of aromatic nitrogens is 2. The highest BCUT2D eigenvalue weighted by Gasteiger charge is 2.23. The lowest BCUT2D eigenvalue weighted by Crippen LogP contribution is -2.47. The third-order valence-corrected chi connectivity index (χ3v) is 3.28. The van der Waals surface area contributed by atoms with E-state index in [1.54, 1.807) is 0 Å². The molecule has 1 aliphatic heterocycles. The van der Waals surface area contributed by atoms with Gasteiger partial charge in [0.1, 0.15) is 5.82 Å². The molecule has 0 unspecified atom stereocenters. The SMILES string of the molecule is Cc1cc(N(C)C)nc(N2CCO[C@H](CN(C)C)C2)n1. The van der Waals surface area contributed by atoms with E-state index in [9.17, 15) is 0 Å². The first kappa shape index (κ1) is 15.0. The lowest BCUT2D eigenvalue weighted by Gasteiger charge is -2.34. The number of aryl methyl sites for hydroxylation is 1. The summed E-state index contributed by atoms with van der Waals surface area (Å²) in [7, 11) is 8.13. The molecule has 0 aliphatic carbocycles. The molecule has 112 valence electrons. The molecule has 1 saturated heterocycles. The first-order valence-electron chi connectivity index (χ1n) is 7.00. The van der Waals surface area contributed by atoms with Crippen LogP contribution in [-0.4, -0.2) is 75.4 Å². The summed E-state index contributed by atoms with van der Waals surface area (Å²) in [5, 5.41) is 0. The van der Waals surface area contributed by atoms with Crippen LogP contribution in [0.25, 0.3) is 0 Å².